The van der Waals surface area contributed by atoms with Crippen LogP contribution in [0.3, 0.4) is 0 Å². The van der Waals surface area contributed by atoms with Crippen LogP contribution in [-0.2, 0) is 9.53 Å². The lowest BCUT2D eigenvalue weighted by Crippen LogP contribution is -2.24. The molecule has 12 heavy (non-hydrogen) atoms. The summed E-state index contributed by atoms with van der Waals surface area (Å²) in [5, 5.41) is 9.51. The third-order valence-electron chi connectivity index (χ3n) is 3.10. The normalized spacial score (nSPS) is 44.8. The molecule has 0 amide bonds. The molecule has 0 heterocycles. The van der Waals surface area contributed by atoms with E-state index in [2.05, 4.69) is 0 Å². The number of carbonyl (C=O) groups is 1. The Bertz CT molecular complexity index is 202. The quantitative estimate of drug-likeness (QED) is 0.589. The van der Waals surface area contributed by atoms with Gasteiger partial charge in [0.2, 0.25) is 0 Å². The van der Waals surface area contributed by atoms with E-state index in [0.29, 0.717) is 5.92 Å². The average molecular weight is 170 g/mol. The fourth-order valence-corrected chi connectivity index (χ4v) is 2.61. The minimum absolute atomic E-state index is 0.0116. The van der Waals surface area contributed by atoms with Gasteiger partial charge in [-0.1, -0.05) is 0 Å². The topological polar surface area (TPSA) is 46.5 Å². The lowest BCUT2D eigenvalue weighted by atomic mass is 9.98. The van der Waals surface area contributed by atoms with Crippen LogP contribution in [0.4, 0.5) is 0 Å². The predicted octanol–water partition coefficient (Wildman–Crippen LogP) is 0.709. The molecule has 2 aliphatic rings. The predicted molar refractivity (Wildman–Crippen MR) is 42.4 cm³/mol. The number of fused-ring (bicyclic) bond motifs is 2. The molecule has 0 aromatic carbocycles. The summed E-state index contributed by atoms with van der Waals surface area (Å²) in [5.74, 6) is 0.429. The standard InChI is InChI=1S/C9H14O3/c1-5(10)12-9-6-2-3-7(9)8(11)4-6/h6-9,11H,2-4H2,1H3/t6?,7-,8?,9?/m1/s1. The van der Waals surface area contributed by atoms with Gasteiger partial charge in [-0.25, -0.2) is 0 Å². The number of carbonyl (C=O) groups excluding carboxylic acids is 1. The summed E-state index contributed by atoms with van der Waals surface area (Å²) in [6.45, 7) is 1.43. The average Bonchev–Trinajstić information content (AvgIpc) is 2.44. The molecule has 3 heteroatoms. The van der Waals surface area contributed by atoms with Crippen molar-refractivity contribution in [2.24, 2.45) is 11.8 Å². The summed E-state index contributed by atoms with van der Waals surface area (Å²) >= 11 is 0. The van der Waals surface area contributed by atoms with E-state index in [1.165, 1.54) is 6.92 Å². The molecule has 0 aromatic heterocycles. The molecule has 0 spiro atoms. The first kappa shape index (κ1) is 8.05. The molecule has 0 radical (unpaired) electrons. The molecule has 2 saturated carbocycles. The van der Waals surface area contributed by atoms with Gasteiger partial charge in [0.1, 0.15) is 6.10 Å². The van der Waals surface area contributed by atoms with E-state index in [1.807, 2.05) is 0 Å². The molecule has 0 aromatic rings. The van der Waals surface area contributed by atoms with Gasteiger partial charge >= 0.3 is 5.97 Å². The lowest BCUT2D eigenvalue weighted by Gasteiger charge is -2.16. The van der Waals surface area contributed by atoms with Crippen molar-refractivity contribution in [3.63, 3.8) is 0 Å². The van der Waals surface area contributed by atoms with Gasteiger partial charge in [-0.15, -0.1) is 0 Å². The van der Waals surface area contributed by atoms with E-state index >= 15 is 0 Å². The number of ether oxygens (including phenoxy) is 1. The molecule has 4 atom stereocenters. The summed E-state index contributed by atoms with van der Waals surface area (Å²) in [6.07, 6.45) is 2.73. The third-order valence-corrected chi connectivity index (χ3v) is 3.10. The Balaban J connectivity index is 2.03. The van der Waals surface area contributed by atoms with Gasteiger partial charge in [0.25, 0.3) is 0 Å². The first-order chi connectivity index (χ1) is 5.68. The Morgan fingerprint density at radius 3 is 2.67 bits per heavy atom. The molecular formula is C9H14O3. The Kier molecular flexibility index (Phi) is 1.83. The molecule has 0 saturated heterocycles. The summed E-state index contributed by atoms with van der Waals surface area (Å²) in [4.78, 5) is 10.7. The fourth-order valence-electron chi connectivity index (χ4n) is 2.61. The number of aliphatic hydroxyl groups is 1. The van der Waals surface area contributed by atoms with Crippen LogP contribution in [0.1, 0.15) is 26.2 Å². The maximum atomic E-state index is 10.7. The van der Waals surface area contributed by atoms with E-state index in [1.54, 1.807) is 0 Å². The first-order valence-electron chi connectivity index (χ1n) is 4.54. The Labute approximate surface area is 71.7 Å². The summed E-state index contributed by atoms with van der Waals surface area (Å²) in [7, 11) is 0. The molecule has 3 nitrogen and oxygen atoms in total. The SMILES string of the molecule is CC(=O)OC1C2CC[C@@H]1C(O)C2. The summed E-state index contributed by atoms with van der Waals surface area (Å²) in [5.41, 5.74) is 0. The third kappa shape index (κ3) is 1.12. The number of rotatable bonds is 1. The number of esters is 1. The van der Waals surface area contributed by atoms with Gasteiger partial charge in [0.15, 0.2) is 0 Å². The van der Waals surface area contributed by atoms with Gasteiger partial charge in [0.05, 0.1) is 6.10 Å². The van der Waals surface area contributed by atoms with Gasteiger partial charge in [-0.3, -0.25) is 4.79 Å². The van der Waals surface area contributed by atoms with Gasteiger partial charge < -0.3 is 9.84 Å². The van der Waals surface area contributed by atoms with Crippen molar-refractivity contribution in [3.05, 3.63) is 0 Å². The zero-order valence-corrected chi connectivity index (χ0v) is 7.19. The van der Waals surface area contributed by atoms with E-state index in [-0.39, 0.29) is 24.1 Å². The van der Waals surface area contributed by atoms with Gasteiger partial charge in [-0.2, -0.15) is 0 Å². The minimum atomic E-state index is -0.229. The van der Waals surface area contributed by atoms with Crippen molar-refractivity contribution in [1.82, 2.24) is 0 Å². The molecule has 3 unspecified atom stereocenters. The Morgan fingerprint density at radius 1 is 1.50 bits per heavy atom. The van der Waals surface area contributed by atoms with Crippen LogP contribution in [0.2, 0.25) is 0 Å². The van der Waals surface area contributed by atoms with Crippen molar-refractivity contribution in [2.45, 2.75) is 38.4 Å². The van der Waals surface area contributed by atoms with Gasteiger partial charge in [-0.05, 0) is 25.2 Å². The van der Waals surface area contributed by atoms with E-state index in [0.717, 1.165) is 19.3 Å². The van der Waals surface area contributed by atoms with Crippen LogP contribution in [-0.4, -0.2) is 23.3 Å². The maximum absolute atomic E-state index is 10.7. The molecule has 0 aliphatic heterocycles. The molecule has 2 fully saturated rings. The maximum Gasteiger partial charge on any atom is 0.302 e. The summed E-state index contributed by atoms with van der Waals surface area (Å²) < 4.78 is 5.17. The van der Waals surface area contributed by atoms with Crippen molar-refractivity contribution < 1.29 is 14.6 Å². The highest BCUT2D eigenvalue weighted by atomic mass is 16.5. The van der Waals surface area contributed by atoms with Crippen molar-refractivity contribution in [1.29, 1.82) is 0 Å². The molecule has 1 N–H and O–H groups in total. The van der Waals surface area contributed by atoms with Crippen LogP contribution < -0.4 is 0 Å². The molecule has 2 rings (SSSR count). The number of hydrogen-bond acceptors (Lipinski definition) is 3. The fraction of sp³-hybridized carbons (Fsp3) is 0.889. The lowest BCUT2D eigenvalue weighted by molar-refractivity contribution is -0.149. The first-order valence-corrected chi connectivity index (χ1v) is 4.54. The second kappa shape index (κ2) is 2.73. The zero-order chi connectivity index (χ0) is 8.72. The van der Waals surface area contributed by atoms with E-state index in [9.17, 15) is 9.90 Å². The Hall–Kier alpha value is -0.570. The number of aliphatic hydroxyl groups excluding tert-OH is 1. The highest BCUT2D eigenvalue weighted by Gasteiger charge is 2.49. The van der Waals surface area contributed by atoms with Crippen LogP contribution >= 0.6 is 0 Å². The smallest absolute Gasteiger partial charge is 0.302 e. The monoisotopic (exact) mass is 170 g/mol. The van der Waals surface area contributed by atoms with Crippen LogP contribution in [0, 0.1) is 11.8 Å². The molecule has 68 valence electrons. The number of hydrogen-bond donors (Lipinski definition) is 1. The van der Waals surface area contributed by atoms with Crippen molar-refractivity contribution in [3.8, 4) is 0 Å². The molecule has 2 bridgehead atoms. The van der Waals surface area contributed by atoms with Gasteiger partial charge in [0, 0.05) is 12.8 Å². The zero-order valence-electron chi connectivity index (χ0n) is 7.19. The second-order valence-electron chi connectivity index (χ2n) is 3.88. The van der Waals surface area contributed by atoms with Crippen molar-refractivity contribution in [2.75, 3.05) is 0 Å². The Morgan fingerprint density at radius 2 is 2.25 bits per heavy atom. The van der Waals surface area contributed by atoms with Crippen LogP contribution in [0.15, 0.2) is 0 Å². The molecule has 2 aliphatic carbocycles. The van der Waals surface area contributed by atoms with E-state index in [4.69, 9.17) is 4.74 Å². The second-order valence-corrected chi connectivity index (χ2v) is 3.88. The van der Waals surface area contributed by atoms with Crippen LogP contribution in [0.5, 0.6) is 0 Å². The van der Waals surface area contributed by atoms with E-state index < -0.39 is 0 Å². The highest BCUT2D eigenvalue weighted by molar-refractivity contribution is 5.66. The van der Waals surface area contributed by atoms with Crippen LogP contribution in [0.25, 0.3) is 0 Å². The summed E-state index contributed by atoms with van der Waals surface area (Å²) in [6, 6.07) is 0. The largest absolute Gasteiger partial charge is 0.462 e. The van der Waals surface area contributed by atoms with Crippen molar-refractivity contribution >= 4 is 5.97 Å². The molecular weight excluding hydrogens is 156 g/mol. The minimum Gasteiger partial charge on any atom is -0.462 e. The highest BCUT2D eigenvalue weighted by Crippen LogP contribution is 2.46.